The number of hydrogen-bond acceptors (Lipinski definition) is 5. The molecule has 0 saturated carbocycles. The molecule has 0 fully saturated rings. The van der Waals surface area contributed by atoms with Gasteiger partial charge < -0.3 is 29.6 Å². The third kappa shape index (κ3) is 3.52. The van der Waals surface area contributed by atoms with Crippen LogP contribution in [0.3, 0.4) is 0 Å². The third-order valence-electron chi connectivity index (χ3n) is 5.69. The number of aromatic amines is 1. The first kappa shape index (κ1) is 19.5. The van der Waals surface area contributed by atoms with Gasteiger partial charge in [0.05, 0.1) is 23.4 Å². The van der Waals surface area contributed by atoms with Crippen molar-refractivity contribution in [2.75, 3.05) is 33.8 Å². The van der Waals surface area contributed by atoms with Crippen molar-refractivity contribution in [2.24, 2.45) is 7.05 Å². The molecule has 0 amide bonds. The van der Waals surface area contributed by atoms with Gasteiger partial charge in [-0.15, -0.1) is 0 Å². The summed E-state index contributed by atoms with van der Waals surface area (Å²) in [6.07, 6.45) is 0.546. The number of pyridine rings is 1. The van der Waals surface area contributed by atoms with Gasteiger partial charge in [0, 0.05) is 61.4 Å². The van der Waals surface area contributed by atoms with Gasteiger partial charge in [-0.25, -0.2) is 0 Å². The van der Waals surface area contributed by atoms with Crippen molar-refractivity contribution >= 4 is 10.9 Å². The van der Waals surface area contributed by atoms with Crippen molar-refractivity contribution < 1.29 is 9.84 Å². The van der Waals surface area contributed by atoms with E-state index in [2.05, 4.69) is 47.0 Å². The molecule has 2 aromatic heterocycles. The van der Waals surface area contributed by atoms with Crippen LogP contribution in [0.5, 0.6) is 11.5 Å². The summed E-state index contributed by atoms with van der Waals surface area (Å²) in [6, 6.07) is 6.23. The molecule has 0 saturated heterocycles. The minimum absolute atomic E-state index is 0.0686. The molecule has 0 spiro atoms. The Kier molecular flexibility index (Phi) is 5.10. The summed E-state index contributed by atoms with van der Waals surface area (Å²) in [5.41, 5.74) is 4.54. The Balaban J connectivity index is 1.76. The fourth-order valence-corrected chi connectivity index (χ4v) is 3.90. The van der Waals surface area contributed by atoms with E-state index in [1.807, 2.05) is 12.1 Å². The van der Waals surface area contributed by atoms with E-state index in [1.54, 1.807) is 6.92 Å². The molecule has 0 bridgehead atoms. The maximum absolute atomic E-state index is 12.3. The zero-order valence-electron chi connectivity index (χ0n) is 17.4. The van der Waals surface area contributed by atoms with Crippen LogP contribution in [-0.2, 0) is 20.0 Å². The summed E-state index contributed by atoms with van der Waals surface area (Å²) in [4.78, 5) is 17.4. The molecule has 3 aromatic rings. The van der Waals surface area contributed by atoms with Crippen molar-refractivity contribution in [3.05, 3.63) is 45.4 Å². The molecule has 7 nitrogen and oxygen atoms in total. The highest BCUT2D eigenvalue weighted by atomic mass is 16.5. The van der Waals surface area contributed by atoms with Gasteiger partial charge in [-0.1, -0.05) is 0 Å². The summed E-state index contributed by atoms with van der Waals surface area (Å²) >= 11 is 0. The van der Waals surface area contributed by atoms with Gasteiger partial charge in [-0.05, 0) is 33.2 Å². The molecule has 1 aromatic carbocycles. The molecule has 0 radical (unpaired) electrons. The number of hydrogen-bond donors (Lipinski definition) is 3. The minimum Gasteiger partial charge on any atom is -0.507 e. The van der Waals surface area contributed by atoms with Crippen molar-refractivity contribution in [3.63, 3.8) is 0 Å². The van der Waals surface area contributed by atoms with Crippen molar-refractivity contribution in [2.45, 2.75) is 19.9 Å². The Labute approximate surface area is 169 Å². The smallest absolute Gasteiger partial charge is 0.255 e. The van der Waals surface area contributed by atoms with Crippen LogP contribution in [0.15, 0.2) is 23.0 Å². The summed E-state index contributed by atoms with van der Waals surface area (Å²) < 4.78 is 8.16. The molecule has 0 atom stereocenters. The molecule has 1 aliphatic rings. The predicted molar refractivity (Wildman–Crippen MR) is 115 cm³/mol. The molecule has 7 heteroatoms. The highest BCUT2D eigenvalue weighted by Crippen LogP contribution is 2.40. The van der Waals surface area contributed by atoms with E-state index >= 15 is 0 Å². The van der Waals surface area contributed by atoms with E-state index in [-0.39, 0.29) is 11.3 Å². The van der Waals surface area contributed by atoms with E-state index in [4.69, 9.17) is 4.74 Å². The lowest BCUT2D eigenvalue weighted by atomic mass is 10.00. The van der Waals surface area contributed by atoms with Gasteiger partial charge in [0.15, 0.2) is 0 Å². The number of H-pyrrole nitrogens is 1. The number of aryl methyl sites for hydroxylation is 1. The summed E-state index contributed by atoms with van der Waals surface area (Å²) in [5, 5.41) is 15.1. The van der Waals surface area contributed by atoms with Gasteiger partial charge >= 0.3 is 0 Å². The van der Waals surface area contributed by atoms with Crippen LogP contribution >= 0.6 is 0 Å². The van der Waals surface area contributed by atoms with Crippen molar-refractivity contribution in [1.82, 2.24) is 19.8 Å². The lowest BCUT2D eigenvalue weighted by Gasteiger charge is -2.12. The Bertz CT molecular complexity index is 1130. The van der Waals surface area contributed by atoms with Crippen LogP contribution in [-0.4, -0.2) is 53.3 Å². The predicted octanol–water partition coefficient (Wildman–Crippen LogP) is 2.13. The van der Waals surface area contributed by atoms with Crippen molar-refractivity contribution in [1.29, 1.82) is 0 Å². The molecule has 4 rings (SSSR count). The topological polar surface area (TPSA) is 82.5 Å². The fourth-order valence-electron chi connectivity index (χ4n) is 3.90. The number of likely N-dealkylation sites (N-methyl/N-ethyl adjacent to an activating group) is 1. The SMILES string of the molecule is Cc1c(O)c2c([nH]c1=O)-c1cc3cc(CNCCN(C)C)n(C)c3cc1OCC2. The average Bonchev–Trinajstić information content (AvgIpc) is 2.87. The van der Waals surface area contributed by atoms with Gasteiger partial charge in [0.2, 0.25) is 0 Å². The summed E-state index contributed by atoms with van der Waals surface area (Å²) in [7, 11) is 6.18. The normalized spacial score (nSPS) is 13.3. The molecule has 29 heavy (non-hydrogen) atoms. The monoisotopic (exact) mass is 396 g/mol. The first-order valence-corrected chi connectivity index (χ1v) is 9.92. The standard InChI is InChI=1S/C22H28N4O3/c1-13-21(27)16-5-8-29-19-11-18-14(10-17(19)20(16)24-22(13)28)9-15(26(18)4)12-23-6-7-25(2)3/h9-11,23H,5-8,12H2,1-4H3,(H2,24,27,28). The van der Waals surface area contributed by atoms with Crippen LogP contribution in [0.4, 0.5) is 0 Å². The molecule has 154 valence electrons. The zero-order valence-corrected chi connectivity index (χ0v) is 17.4. The van der Waals surface area contributed by atoms with Crippen LogP contribution in [0.1, 0.15) is 16.8 Å². The number of nitrogens with one attached hydrogen (secondary N) is 2. The van der Waals surface area contributed by atoms with E-state index in [1.165, 1.54) is 5.69 Å². The molecular weight excluding hydrogens is 368 g/mol. The summed E-state index contributed by atoms with van der Waals surface area (Å²) in [5.74, 6) is 0.794. The van der Waals surface area contributed by atoms with Gasteiger partial charge in [0.25, 0.3) is 5.56 Å². The van der Waals surface area contributed by atoms with Gasteiger partial charge in [-0.3, -0.25) is 4.79 Å². The lowest BCUT2D eigenvalue weighted by Crippen LogP contribution is -2.26. The average molecular weight is 396 g/mol. The second-order valence-electron chi connectivity index (χ2n) is 7.96. The van der Waals surface area contributed by atoms with E-state index in [9.17, 15) is 9.90 Å². The van der Waals surface area contributed by atoms with Gasteiger partial charge in [0.1, 0.15) is 11.5 Å². The number of aromatic nitrogens is 2. The van der Waals surface area contributed by atoms with Crippen LogP contribution in [0.2, 0.25) is 0 Å². The van der Waals surface area contributed by atoms with Crippen LogP contribution in [0.25, 0.3) is 22.2 Å². The molecule has 0 unspecified atom stereocenters. The number of ether oxygens (including phenoxy) is 1. The molecule has 3 heterocycles. The first-order valence-electron chi connectivity index (χ1n) is 9.92. The lowest BCUT2D eigenvalue weighted by molar-refractivity contribution is 0.324. The number of benzene rings is 1. The number of nitrogens with zero attached hydrogens (tertiary/aromatic N) is 2. The van der Waals surface area contributed by atoms with Gasteiger partial charge in [-0.2, -0.15) is 0 Å². The van der Waals surface area contributed by atoms with E-state index in [0.29, 0.717) is 24.3 Å². The second-order valence-corrected chi connectivity index (χ2v) is 7.96. The number of aromatic hydroxyl groups is 1. The third-order valence-corrected chi connectivity index (χ3v) is 5.69. The molecular formula is C22H28N4O3. The number of rotatable bonds is 5. The quantitative estimate of drug-likeness (QED) is 0.576. The second kappa shape index (κ2) is 7.57. The van der Waals surface area contributed by atoms with Crippen LogP contribution < -0.4 is 15.6 Å². The highest BCUT2D eigenvalue weighted by Gasteiger charge is 2.23. The Hall–Kier alpha value is -2.77. The maximum Gasteiger partial charge on any atom is 0.255 e. The zero-order chi connectivity index (χ0) is 20.7. The van der Waals surface area contributed by atoms with Crippen molar-refractivity contribution in [3.8, 4) is 22.8 Å². The molecule has 0 aliphatic carbocycles. The fraction of sp³-hybridized carbons (Fsp3) is 0.409. The highest BCUT2D eigenvalue weighted by molar-refractivity contribution is 5.90. The Morgan fingerprint density at radius 2 is 2.10 bits per heavy atom. The minimum atomic E-state index is -0.270. The van der Waals surface area contributed by atoms with E-state index in [0.717, 1.165) is 47.4 Å². The summed E-state index contributed by atoms with van der Waals surface area (Å²) in [6.45, 7) is 4.77. The molecule has 1 aliphatic heterocycles. The first-order chi connectivity index (χ1) is 13.9. The van der Waals surface area contributed by atoms with E-state index < -0.39 is 0 Å². The van der Waals surface area contributed by atoms with Crippen LogP contribution in [0, 0.1) is 6.92 Å². The largest absolute Gasteiger partial charge is 0.507 e. The Morgan fingerprint density at radius 1 is 1.31 bits per heavy atom. The maximum atomic E-state index is 12.3. The number of fused-ring (bicyclic) bond motifs is 4. The Morgan fingerprint density at radius 3 is 2.86 bits per heavy atom. The molecule has 3 N–H and O–H groups in total.